The van der Waals surface area contributed by atoms with E-state index in [2.05, 4.69) is 0 Å². The zero-order valence-corrected chi connectivity index (χ0v) is 9.08. The Hall–Kier alpha value is -0.956. The minimum atomic E-state index is -2.97. The maximum absolute atomic E-state index is 10.1. The van der Waals surface area contributed by atoms with E-state index in [0.29, 0.717) is 0 Å². The maximum Gasteiger partial charge on any atom is 4.00 e. The number of aliphatic carboxylic acids is 3. The molecule has 0 fully saturated rings. The third-order valence-corrected chi connectivity index (χ3v) is 1.25. The van der Waals surface area contributed by atoms with E-state index in [1.807, 2.05) is 0 Å². The zero-order chi connectivity index (χ0) is 10.6. The van der Waals surface area contributed by atoms with E-state index >= 15 is 0 Å². The van der Waals surface area contributed by atoms with E-state index in [0.717, 1.165) is 0 Å². The average Bonchev–Trinajstić information content (AvgIpc) is 1.82. The Morgan fingerprint density at radius 1 is 1.00 bits per heavy atom. The molecule has 15 heavy (non-hydrogen) atoms. The topological polar surface area (TPSA) is 176 Å². The molecule has 0 aliphatic carbocycles. The number of carboxylic acids is 3. The molecule has 0 unspecified atom stereocenters. The predicted molar refractivity (Wildman–Crippen MR) is 34.2 cm³/mol. The molecule has 0 saturated carbocycles. The average molecular weight is 254 g/mol. The van der Waals surface area contributed by atoms with Crippen molar-refractivity contribution in [3.8, 4) is 0 Å². The zero-order valence-electron chi connectivity index (χ0n) is 7.52. The van der Waals surface area contributed by atoms with Crippen molar-refractivity contribution in [3.05, 3.63) is 0 Å². The van der Waals surface area contributed by atoms with Gasteiger partial charge in [0.2, 0.25) is 0 Å². The first-order chi connectivity index (χ1) is 5.78. The molecule has 0 spiro atoms. The molecule has 0 heterocycles. The summed E-state index contributed by atoms with van der Waals surface area (Å²) in [4.78, 5) is 30.0. The van der Waals surface area contributed by atoms with Gasteiger partial charge in [-0.15, -0.1) is 0 Å². The summed E-state index contributed by atoms with van der Waals surface area (Å²) in [5.74, 6) is -5.98. The third kappa shape index (κ3) is 7.03. The Bertz CT molecular complexity index is 238. The normalized spacial score (nSPS) is 9.40. The van der Waals surface area contributed by atoms with E-state index in [9.17, 15) is 29.7 Å². The van der Waals surface area contributed by atoms with E-state index in [1.165, 1.54) is 0 Å². The summed E-state index contributed by atoms with van der Waals surface area (Å²) in [6.07, 6.45) is -2.72. The number of carbonyl (C=O) groups is 3. The molecule has 0 rings (SSSR count). The van der Waals surface area contributed by atoms with Crippen LogP contribution in [0, 0.1) is 0 Å². The second-order valence-corrected chi connectivity index (χ2v) is 2.42. The van der Waals surface area contributed by atoms with Crippen molar-refractivity contribution < 1.29 is 56.5 Å². The molecular formula is C6H8NO7Ti+. The fourth-order valence-electron chi connectivity index (χ4n) is 0.684. The second-order valence-electron chi connectivity index (χ2n) is 2.42. The molecule has 82 valence electrons. The molecule has 0 aromatic carbocycles. The summed E-state index contributed by atoms with van der Waals surface area (Å²) in [5, 5.41) is 38.9. The van der Waals surface area contributed by atoms with Crippen LogP contribution in [0.4, 0.5) is 0 Å². The summed E-state index contributed by atoms with van der Waals surface area (Å²) in [5.41, 5.74) is -2.97. The van der Waals surface area contributed by atoms with Crippen LogP contribution in [0.5, 0.6) is 0 Å². The quantitative estimate of drug-likeness (QED) is 0.457. The van der Waals surface area contributed by atoms with Crippen LogP contribution < -0.4 is 21.5 Å². The SMILES string of the molecule is N.O=C([O-])CC(O)(CC(=O)[O-])C(=O)[O-].[Ti+4]. The van der Waals surface area contributed by atoms with Gasteiger partial charge in [-0.05, 0) is 0 Å². The molecule has 0 atom stereocenters. The minimum absolute atomic E-state index is 0. The molecule has 0 amide bonds. The molecule has 8 nitrogen and oxygen atoms in total. The van der Waals surface area contributed by atoms with Gasteiger partial charge < -0.3 is 41.0 Å². The molecule has 9 heteroatoms. The molecule has 0 aliphatic heterocycles. The van der Waals surface area contributed by atoms with E-state index in [-0.39, 0.29) is 27.9 Å². The molecule has 0 bridgehead atoms. The van der Waals surface area contributed by atoms with E-state index in [4.69, 9.17) is 5.11 Å². The largest absolute Gasteiger partial charge is 4.00 e. The molecule has 0 saturated heterocycles. The van der Waals surface area contributed by atoms with Crippen LogP contribution in [0.3, 0.4) is 0 Å². The number of carbonyl (C=O) groups excluding carboxylic acids is 3. The van der Waals surface area contributed by atoms with Gasteiger partial charge in [-0.3, -0.25) is 0 Å². The van der Waals surface area contributed by atoms with Gasteiger partial charge in [0.15, 0.2) is 0 Å². The van der Waals surface area contributed by atoms with Gasteiger partial charge in [-0.1, -0.05) is 0 Å². The summed E-state index contributed by atoms with van der Waals surface area (Å²) < 4.78 is 0. The summed E-state index contributed by atoms with van der Waals surface area (Å²) in [6, 6.07) is 0. The van der Waals surface area contributed by atoms with Gasteiger partial charge in [-0.2, -0.15) is 0 Å². The first-order valence-electron chi connectivity index (χ1n) is 3.11. The molecule has 4 N–H and O–H groups in total. The van der Waals surface area contributed by atoms with Crippen molar-refractivity contribution in [1.29, 1.82) is 0 Å². The van der Waals surface area contributed by atoms with Crippen molar-refractivity contribution >= 4 is 17.9 Å². The Morgan fingerprint density at radius 2 is 1.27 bits per heavy atom. The summed E-state index contributed by atoms with van der Waals surface area (Å²) in [7, 11) is 0. The van der Waals surface area contributed by atoms with Crippen molar-refractivity contribution in [1.82, 2.24) is 6.15 Å². The standard InChI is InChI=1S/C6H8O7.H3N.Ti/c7-3(8)1-6(13,5(11)12)2-4(9)10;;/h13H,1-2H2,(H,7,8)(H,9,10)(H,11,12);1H3;/q;;+4/p-3. The van der Waals surface area contributed by atoms with E-state index < -0.39 is 36.4 Å². The van der Waals surface area contributed by atoms with Crippen molar-refractivity contribution in [2.75, 3.05) is 0 Å². The third-order valence-electron chi connectivity index (χ3n) is 1.25. The van der Waals surface area contributed by atoms with Crippen LogP contribution in [-0.4, -0.2) is 28.6 Å². The molecule has 0 aliphatic rings. The fourth-order valence-corrected chi connectivity index (χ4v) is 0.684. The van der Waals surface area contributed by atoms with Gasteiger partial charge in [0.05, 0.1) is 5.97 Å². The Balaban J connectivity index is -0.000000720. The maximum atomic E-state index is 10.1. The molecule has 0 radical (unpaired) electrons. The van der Waals surface area contributed by atoms with Crippen molar-refractivity contribution in [2.45, 2.75) is 18.4 Å². The molecule has 0 aromatic heterocycles. The first kappa shape index (κ1) is 19.6. The Morgan fingerprint density at radius 3 is 1.40 bits per heavy atom. The van der Waals surface area contributed by atoms with Gasteiger partial charge in [0.25, 0.3) is 0 Å². The number of rotatable bonds is 5. The van der Waals surface area contributed by atoms with Gasteiger partial charge in [0.1, 0.15) is 5.60 Å². The van der Waals surface area contributed by atoms with Crippen LogP contribution in [0.25, 0.3) is 0 Å². The fraction of sp³-hybridized carbons (Fsp3) is 0.500. The second kappa shape index (κ2) is 7.35. The summed E-state index contributed by atoms with van der Waals surface area (Å²) >= 11 is 0. The molecule has 0 aromatic rings. The molecular weight excluding hydrogens is 246 g/mol. The van der Waals surface area contributed by atoms with Gasteiger partial charge in [-0.25, -0.2) is 0 Å². The Kier molecular flexibility index (Phi) is 9.60. The predicted octanol–water partition coefficient (Wildman–Crippen LogP) is -5.09. The van der Waals surface area contributed by atoms with E-state index in [1.54, 1.807) is 0 Å². The van der Waals surface area contributed by atoms with Crippen LogP contribution in [0.1, 0.15) is 12.8 Å². The van der Waals surface area contributed by atoms with Crippen LogP contribution in [0.2, 0.25) is 0 Å². The van der Waals surface area contributed by atoms with Crippen molar-refractivity contribution in [2.24, 2.45) is 0 Å². The van der Waals surface area contributed by atoms with Crippen LogP contribution in [0.15, 0.2) is 0 Å². The Labute approximate surface area is 99.4 Å². The van der Waals surface area contributed by atoms with Crippen LogP contribution >= 0.6 is 0 Å². The number of carboxylic acid groups (broad SMARTS) is 3. The summed E-state index contributed by atoms with van der Waals surface area (Å²) in [6.45, 7) is 0. The number of hydrogen-bond donors (Lipinski definition) is 2. The first-order valence-corrected chi connectivity index (χ1v) is 3.11. The van der Waals surface area contributed by atoms with Crippen LogP contribution in [-0.2, 0) is 36.1 Å². The minimum Gasteiger partial charge on any atom is -0.550 e. The number of hydrogen-bond acceptors (Lipinski definition) is 8. The number of aliphatic hydroxyl groups is 1. The van der Waals surface area contributed by atoms with Crippen molar-refractivity contribution in [3.63, 3.8) is 0 Å². The smallest absolute Gasteiger partial charge is 0.550 e. The monoisotopic (exact) mass is 254 g/mol. The van der Waals surface area contributed by atoms with Gasteiger partial charge in [0, 0.05) is 24.8 Å². The van der Waals surface area contributed by atoms with Gasteiger partial charge >= 0.3 is 21.7 Å².